The van der Waals surface area contributed by atoms with E-state index in [2.05, 4.69) is 15.2 Å². The van der Waals surface area contributed by atoms with E-state index in [1.165, 1.54) is 4.57 Å². The second-order valence-electron chi connectivity index (χ2n) is 7.14. The number of hydrogen-bond donors (Lipinski definition) is 2. The Kier molecular flexibility index (Phi) is 6.61. The lowest BCUT2D eigenvalue weighted by atomic mass is 10.0. The fraction of sp³-hybridized carbons (Fsp3) is 0.304. The monoisotopic (exact) mass is 406 g/mol. The molecule has 0 atom stereocenters. The molecule has 3 aromatic rings. The number of aryl methyl sites for hydroxylation is 2. The lowest BCUT2D eigenvalue weighted by molar-refractivity contribution is 0.385. The van der Waals surface area contributed by atoms with E-state index in [4.69, 9.17) is 0 Å². The summed E-state index contributed by atoms with van der Waals surface area (Å²) in [6, 6.07) is 11.2. The van der Waals surface area contributed by atoms with E-state index < -0.39 is 5.56 Å². The average Bonchev–Trinajstić information content (AvgIpc) is 2.75. The standard InChI is InChI=1S/C23H26N4O3/c1-4-11-27-22(29)18(13-16-9-7-6-8-10-16)21(28)20(23(27)30)26-25-19-12-15(3)17(5-2)14-24-19/h6-10,12,14,28-29H,4-5,11,13H2,1-3H3. The summed E-state index contributed by atoms with van der Waals surface area (Å²) in [6.45, 7) is 6.21. The Hall–Kier alpha value is -3.48. The summed E-state index contributed by atoms with van der Waals surface area (Å²) in [5.74, 6) is -0.258. The van der Waals surface area contributed by atoms with Gasteiger partial charge >= 0.3 is 0 Å². The normalized spacial score (nSPS) is 11.3. The van der Waals surface area contributed by atoms with Crippen molar-refractivity contribution in [2.24, 2.45) is 10.2 Å². The molecule has 7 nitrogen and oxygen atoms in total. The van der Waals surface area contributed by atoms with Crippen LogP contribution in [0.1, 0.15) is 42.5 Å². The van der Waals surface area contributed by atoms with Gasteiger partial charge < -0.3 is 10.2 Å². The Morgan fingerprint density at radius 3 is 2.47 bits per heavy atom. The summed E-state index contributed by atoms with van der Waals surface area (Å²) in [5, 5.41) is 29.5. The molecule has 0 saturated heterocycles. The third kappa shape index (κ3) is 4.40. The lowest BCUT2D eigenvalue weighted by Crippen LogP contribution is -2.21. The number of rotatable bonds is 7. The third-order valence-electron chi connectivity index (χ3n) is 4.99. The van der Waals surface area contributed by atoms with Crippen LogP contribution in [0.2, 0.25) is 0 Å². The minimum Gasteiger partial charge on any atom is -0.505 e. The number of hydrogen-bond acceptors (Lipinski definition) is 6. The molecule has 0 aliphatic rings. The van der Waals surface area contributed by atoms with Gasteiger partial charge in [0.25, 0.3) is 5.56 Å². The summed E-state index contributed by atoms with van der Waals surface area (Å²) in [6.07, 6.45) is 3.49. The van der Waals surface area contributed by atoms with Crippen LogP contribution >= 0.6 is 0 Å². The number of aromatic nitrogens is 2. The molecular weight excluding hydrogens is 380 g/mol. The van der Waals surface area contributed by atoms with Crippen LogP contribution in [-0.2, 0) is 19.4 Å². The van der Waals surface area contributed by atoms with Crippen LogP contribution in [0, 0.1) is 6.92 Å². The number of aromatic hydroxyl groups is 2. The van der Waals surface area contributed by atoms with Crippen molar-refractivity contribution < 1.29 is 10.2 Å². The van der Waals surface area contributed by atoms with Gasteiger partial charge in [0.15, 0.2) is 17.3 Å². The van der Waals surface area contributed by atoms with Gasteiger partial charge in [0.2, 0.25) is 5.88 Å². The SMILES string of the molecule is CCCn1c(O)c(Cc2ccccc2)c(O)c(N=Nc2cc(C)c(CC)cn2)c1=O. The summed E-state index contributed by atoms with van der Waals surface area (Å²) < 4.78 is 1.23. The molecule has 0 saturated carbocycles. The second kappa shape index (κ2) is 9.35. The molecule has 0 radical (unpaired) electrons. The van der Waals surface area contributed by atoms with E-state index in [1.807, 2.05) is 51.1 Å². The maximum Gasteiger partial charge on any atom is 0.284 e. The van der Waals surface area contributed by atoms with Gasteiger partial charge in [0, 0.05) is 19.2 Å². The summed E-state index contributed by atoms with van der Waals surface area (Å²) in [5.41, 5.74) is 2.48. The highest BCUT2D eigenvalue weighted by atomic mass is 16.3. The fourth-order valence-corrected chi connectivity index (χ4v) is 3.32. The zero-order valence-corrected chi connectivity index (χ0v) is 17.5. The molecule has 0 aliphatic heterocycles. The summed E-state index contributed by atoms with van der Waals surface area (Å²) >= 11 is 0. The van der Waals surface area contributed by atoms with Crippen LogP contribution < -0.4 is 5.56 Å². The van der Waals surface area contributed by atoms with Crippen LogP contribution in [0.5, 0.6) is 11.6 Å². The van der Waals surface area contributed by atoms with E-state index in [-0.39, 0.29) is 29.3 Å². The molecule has 0 bridgehead atoms. The van der Waals surface area contributed by atoms with Crippen molar-refractivity contribution >= 4 is 11.5 Å². The van der Waals surface area contributed by atoms with Crippen molar-refractivity contribution in [3.05, 3.63) is 75.2 Å². The summed E-state index contributed by atoms with van der Waals surface area (Å²) in [7, 11) is 0. The van der Waals surface area contributed by atoms with Gasteiger partial charge in [-0.3, -0.25) is 9.36 Å². The highest BCUT2D eigenvalue weighted by Crippen LogP contribution is 2.35. The molecule has 2 aromatic heterocycles. The predicted molar refractivity (Wildman–Crippen MR) is 116 cm³/mol. The Labute approximate surface area is 175 Å². The van der Waals surface area contributed by atoms with Gasteiger partial charge in [0.05, 0.1) is 5.56 Å². The minimum absolute atomic E-state index is 0.203. The molecule has 0 unspecified atom stereocenters. The largest absolute Gasteiger partial charge is 0.505 e. The van der Waals surface area contributed by atoms with Gasteiger partial charge in [-0.1, -0.05) is 44.2 Å². The zero-order valence-electron chi connectivity index (χ0n) is 17.5. The molecule has 156 valence electrons. The van der Waals surface area contributed by atoms with Crippen LogP contribution in [0.15, 0.2) is 57.6 Å². The first-order valence-electron chi connectivity index (χ1n) is 10.0. The molecule has 0 spiro atoms. The Morgan fingerprint density at radius 1 is 1.10 bits per heavy atom. The van der Waals surface area contributed by atoms with Gasteiger partial charge in [-0.2, -0.15) is 0 Å². The molecule has 0 amide bonds. The van der Waals surface area contributed by atoms with Crippen LogP contribution in [0.4, 0.5) is 11.5 Å². The van der Waals surface area contributed by atoms with E-state index in [1.54, 1.807) is 12.3 Å². The smallest absolute Gasteiger partial charge is 0.284 e. The van der Waals surface area contributed by atoms with E-state index in [0.717, 1.165) is 23.1 Å². The van der Waals surface area contributed by atoms with Crippen molar-refractivity contribution in [1.29, 1.82) is 0 Å². The molecule has 0 fully saturated rings. The molecule has 0 aliphatic carbocycles. The molecule has 2 N–H and O–H groups in total. The maximum absolute atomic E-state index is 12.9. The predicted octanol–water partition coefficient (Wildman–Crippen LogP) is 4.94. The quantitative estimate of drug-likeness (QED) is 0.543. The van der Waals surface area contributed by atoms with Crippen molar-refractivity contribution in [2.45, 2.75) is 46.6 Å². The zero-order chi connectivity index (χ0) is 21.7. The van der Waals surface area contributed by atoms with Gasteiger partial charge in [-0.25, -0.2) is 4.98 Å². The number of benzene rings is 1. The highest BCUT2D eigenvalue weighted by Gasteiger charge is 2.21. The summed E-state index contributed by atoms with van der Waals surface area (Å²) in [4.78, 5) is 17.1. The molecule has 2 heterocycles. The van der Waals surface area contributed by atoms with Crippen molar-refractivity contribution in [1.82, 2.24) is 9.55 Å². The fourth-order valence-electron chi connectivity index (χ4n) is 3.32. The third-order valence-corrected chi connectivity index (χ3v) is 4.99. The Morgan fingerprint density at radius 2 is 1.83 bits per heavy atom. The highest BCUT2D eigenvalue weighted by molar-refractivity contribution is 5.58. The lowest BCUT2D eigenvalue weighted by Gasteiger charge is -2.15. The molecule has 30 heavy (non-hydrogen) atoms. The van der Waals surface area contributed by atoms with E-state index >= 15 is 0 Å². The average molecular weight is 406 g/mol. The topological polar surface area (TPSA) is 100 Å². The first-order chi connectivity index (χ1) is 14.5. The molecule has 1 aromatic carbocycles. The minimum atomic E-state index is -0.589. The molecule has 3 rings (SSSR count). The maximum atomic E-state index is 12.9. The van der Waals surface area contributed by atoms with Crippen LogP contribution in [-0.4, -0.2) is 19.8 Å². The first-order valence-corrected chi connectivity index (χ1v) is 10.0. The first kappa shape index (κ1) is 21.2. The Balaban J connectivity index is 2.08. The van der Waals surface area contributed by atoms with E-state index in [0.29, 0.717) is 18.8 Å². The van der Waals surface area contributed by atoms with Gasteiger partial charge in [0.1, 0.15) is 0 Å². The Bertz CT molecular complexity index is 1120. The van der Waals surface area contributed by atoms with Crippen molar-refractivity contribution in [3.8, 4) is 11.6 Å². The molecule has 7 heteroatoms. The number of pyridine rings is 2. The van der Waals surface area contributed by atoms with Crippen molar-refractivity contribution in [2.75, 3.05) is 0 Å². The second-order valence-corrected chi connectivity index (χ2v) is 7.14. The van der Waals surface area contributed by atoms with Crippen molar-refractivity contribution in [3.63, 3.8) is 0 Å². The number of nitrogens with zero attached hydrogens (tertiary/aromatic N) is 4. The van der Waals surface area contributed by atoms with Crippen LogP contribution in [0.25, 0.3) is 0 Å². The number of azo groups is 1. The van der Waals surface area contributed by atoms with Gasteiger partial charge in [-0.15, -0.1) is 10.2 Å². The van der Waals surface area contributed by atoms with Gasteiger partial charge in [-0.05, 0) is 42.5 Å². The van der Waals surface area contributed by atoms with E-state index in [9.17, 15) is 15.0 Å². The van der Waals surface area contributed by atoms with Crippen LogP contribution in [0.3, 0.4) is 0 Å². The molecular formula is C23H26N4O3.